The topological polar surface area (TPSA) is 25.2 Å². The van der Waals surface area contributed by atoms with E-state index in [1.807, 2.05) is 12.1 Å². The summed E-state index contributed by atoms with van der Waals surface area (Å²) < 4.78 is 5.36. The molecule has 1 N–H and O–H groups in total. The predicted molar refractivity (Wildman–Crippen MR) is 68.7 cm³/mol. The molecular weight excluding hydrogens is 226 g/mol. The Balaban J connectivity index is 1.73. The fourth-order valence-electron chi connectivity index (χ4n) is 1.60. The Kier molecular flexibility index (Phi) is 4.47. The molecule has 0 aliphatic carbocycles. The molecule has 0 saturated carbocycles. The van der Waals surface area contributed by atoms with Crippen molar-refractivity contribution in [2.45, 2.75) is 18.2 Å². The Labute approximate surface area is 99.6 Å². The van der Waals surface area contributed by atoms with Crippen LogP contribution < -0.4 is 5.32 Å². The van der Waals surface area contributed by atoms with Crippen molar-refractivity contribution in [3.8, 4) is 0 Å². The maximum atomic E-state index is 5.36. The normalized spacial score (nSPS) is 23.9. The minimum Gasteiger partial charge on any atom is -0.468 e. The molecule has 1 fully saturated rings. The smallest absolute Gasteiger partial charge is 0.120 e. The van der Waals surface area contributed by atoms with Crippen LogP contribution in [0.5, 0.6) is 0 Å². The van der Waals surface area contributed by atoms with Gasteiger partial charge in [0, 0.05) is 29.1 Å². The number of thioether (sulfide) groups is 2. The van der Waals surface area contributed by atoms with Crippen LogP contribution in [0.15, 0.2) is 22.8 Å². The van der Waals surface area contributed by atoms with Gasteiger partial charge in [-0.05, 0) is 19.1 Å². The van der Waals surface area contributed by atoms with Crippen LogP contribution in [0.4, 0.5) is 0 Å². The van der Waals surface area contributed by atoms with E-state index in [4.69, 9.17) is 4.42 Å². The summed E-state index contributed by atoms with van der Waals surface area (Å²) in [4.78, 5) is 0. The highest BCUT2D eigenvalue weighted by Gasteiger charge is 2.16. The Hall–Kier alpha value is -0.0600. The molecule has 0 aromatic carbocycles. The number of hydrogen-bond donors (Lipinski definition) is 1. The molecule has 1 aromatic heterocycles. The van der Waals surface area contributed by atoms with Crippen LogP contribution >= 0.6 is 23.5 Å². The predicted octanol–water partition coefficient (Wildman–Crippen LogP) is 2.78. The average Bonchev–Trinajstić information content (AvgIpc) is 2.81. The van der Waals surface area contributed by atoms with E-state index < -0.39 is 0 Å². The monoisotopic (exact) mass is 243 g/mol. The Morgan fingerprint density at radius 1 is 1.60 bits per heavy atom. The number of rotatable bonds is 4. The summed E-state index contributed by atoms with van der Waals surface area (Å²) in [6, 6.07) is 4.30. The second kappa shape index (κ2) is 5.87. The summed E-state index contributed by atoms with van der Waals surface area (Å²) in [5.41, 5.74) is 0. The SMILES string of the molecule is CC(NCC1CSCCS1)c1ccco1. The van der Waals surface area contributed by atoms with Crippen molar-refractivity contribution >= 4 is 23.5 Å². The zero-order chi connectivity index (χ0) is 10.5. The lowest BCUT2D eigenvalue weighted by Gasteiger charge is -2.22. The minimum absolute atomic E-state index is 0.326. The highest BCUT2D eigenvalue weighted by molar-refractivity contribution is 8.06. The van der Waals surface area contributed by atoms with Crippen LogP contribution in [0.2, 0.25) is 0 Å². The molecule has 0 amide bonds. The summed E-state index contributed by atoms with van der Waals surface area (Å²) in [5, 5.41) is 4.29. The second-order valence-electron chi connectivity index (χ2n) is 3.71. The Bertz CT molecular complexity index is 270. The van der Waals surface area contributed by atoms with E-state index in [1.54, 1.807) is 6.26 Å². The van der Waals surface area contributed by atoms with E-state index in [-0.39, 0.29) is 0 Å². The highest BCUT2D eigenvalue weighted by Crippen LogP contribution is 2.24. The molecule has 15 heavy (non-hydrogen) atoms. The van der Waals surface area contributed by atoms with Gasteiger partial charge >= 0.3 is 0 Å². The lowest BCUT2D eigenvalue weighted by molar-refractivity contribution is 0.433. The first-order valence-electron chi connectivity index (χ1n) is 5.32. The highest BCUT2D eigenvalue weighted by atomic mass is 32.2. The summed E-state index contributed by atoms with van der Waals surface area (Å²) in [6.07, 6.45) is 1.73. The fraction of sp³-hybridized carbons (Fsp3) is 0.636. The van der Waals surface area contributed by atoms with Gasteiger partial charge in [-0.2, -0.15) is 23.5 Å². The van der Waals surface area contributed by atoms with Gasteiger partial charge in [0.15, 0.2) is 0 Å². The first-order chi connectivity index (χ1) is 7.36. The standard InChI is InChI=1S/C11H17NOS2/c1-9(11-3-2-4-13-11)12-7-10-8-14-5-6-15-10/h2-4,9-10,12H,5-8H2,1H3. The van der Waals surface area contributed by atoms with Crippen LogP contribution in [-0.4, -0.2) is 29.1 Å². The molecule has 2 unspecified atom stereocenters. The molecule has 0 spiro atoms. The average molecular weight is 243 g/mol. The molecule has 2 nitrogen and oxygen atoms in total. The molecule has 2 rings (SSSR count). The maximum absolute atomic E-state index is 5.36. The Morgan fingerprint density at radius 2 is 2.53 bits per heavy atom. The zero-order valence-electron chi connectivity index (χ0n) is 8.94. The molecule has 2 heterocycles. The summed E-state index contributed by atoms with van der Waals surface area (Å²) >= 11 is 4.16. The fourth-order valence-corrected chi connectivity index (χ4v) is 4.23. The van der Waals surface area contributed by atoms with Gasteiger partial charge in [-0.15, -0.1) is 0 Å². The van der Waals surface area contributed by atoms with Crippen LogP contribution in [0.1, 0.15) is 18.7 Å². The van der Waals surface area contributed by atoms with Gasteiger partial charge in [-0.3, -0.25) is 0 Å². The third-order valence-corrected chi connectivity index (χ3v) is 5.35. The Morgan fingerprint density at radius 3 is 3.20 bits per heavy atom. The zero-order valence-corrected chi connectivity index (χ0v) is 10.6. The molecule has 4 heteroatoms. The molecule has 1 aromatic rings. The molecule has 1 aliphatic rings. The van der Waals surface area contributed by atoms with Gasteiger partial charge < -0.3 is 9.73 Å². The van der Waals surface area contributed by atoms with E-state index in [0.29, 0.717) is 6.04 Å². The van der Waals surface area contributed by atoms with E-state index in [2.05, 4.69) is 35.8 Å². The van der Waals surface area contributed by atoms with Crippen molar-refractivity contribution in [3.63, 3.8) is 0 Å². The molecule has 84 valence electrons. The van der Waals surface area contributed by atoms with Crippen LogP contribution in [-0.2, 0) is 0 Å². The van der Waals surface area contributed by atoms with Crippen molar-refractivity contribution in [2.24, 2.45) is 0 Å². The van der Waals surface area contributed by atoms with Crippen LogP contribution in [0.3, 0.4) is 0 Å². The van der Waals surface area contributed by atoms with Crippen molar-refractivity contribution in [3.05, 3.63) is 24.2 Å². The van der Waals surface area contributed by atoms with Gasteiger partial charge in [0.1, 0.15) is 5.76 Å². The summed E-state index contributed by atoms with van der Waals surface area (Å²) in [7, 11) is 0. The van der Waals surface area contributed by atoms with E-state index >= 15 is 0 Å². The molecule has 1 aliphatic heterocycles. The summed E-state index contributed by atoms with van der Waals surface area (Å²) in [6.45, 7) is 3.24. The first kappa shape index (κ1) is 11.4. The van der Waals surface area contributed by atoms with Gasteiger partial charge in [0.25, 0.3) is 0 Å². The largest absolute Gasteiger partial charge is 0.468 e. The van der Waals surface area contributed by atoms with Crippen molar-refractivity contribution in [1.82, 2.24) is 5.32 Å². The van der Waals surface area contributed by atoms with Crippen LogP contribution in [0, 0.1) is 0 Å². The lowest BCUT2D eigenvalue weighted by atomic mass is 10.2. The number of hydrogen-bond acceptors (Lipinski definition) is 4. The molecule has 1 saturated heterocycles. The lowest BCUT2D eigenvalue weighted by Crippen LogP contribution is -2.30. The minimum atomic E-state index is 0.326. The van der Waals surface area contributed by atoms with Gasteiger partial charge in [-0.1, -0.05) is 0 Å². The number of nitrogens with one attached hydrogen (secondary N) is 1. The molecule has 0 bridgehead atoms. The molecule has 0 radical (unpaired) electrons. The van der Waals surface area contributed by atoms with Crippen molar-refractivity contribution in [1.29, 1.82) is 0 Å². The quantitative estimate of drug-likeness (QED) is 0.879. The second-order valence-corrected chi connectivity index (χ2v) is 6.27. The molecular formula is C11H17NOS2. The third kappa shape index (κ3) is 3.47. The number of furan rings is 1. The van der Waals surface area contributed by atoms with E-state index in [9.17, 15) is 0 Å². The van der Waals surface area contributed by atoms with Crippen LogP contribution in [0.25, 0.3) is 0 Å². The van der Waals surface area contributed by atoms with Gasteiger partial charge in [0.2, 0.25) is 0 Å². The van der Waals surface area contributed by atoms with Gasteiger partial charge in [-0.25, -0.2) is 0 Å². The third-order valence-electron chi connectivity index (χ3n) is 2.51. The van der Waals surface area contributed by atoms with Crippen molar-refractivity contribution < 1.29 is 4.42 Å². The van der Waals surface area contributed by atoms with Crippen molar-refractivity contribution in [2.75, 3.05) is 23.8 Å². The first-order valence-corrected chi connectivity index (χ1v) is 7.53. The summed E-state index contributed by atoms with van der Waals surface area (Å²) in [5.74, 6) is 4.92. The van der Waals surface area contributed by atoms with E-state index in [0.717, 1.165) is 17.6 Å². The molecule has 2 atom stereocenters. The maximum Gasteiger partial charge on any atom is 0.120 e. The van der Waals surface area contributed by atoms with Gasteiger partial charge in [0.05, 0.1) is 12.3 Å². The van der Waals surface area contributed by atoms with E-state index in [1.165, 1.54) is 17.3 Å².